The second-order valence-electron chi connectivity index (χ2n) is 5.44. The van der Waals surface area contributed by atoms with Gasteiger partial charge in [0.15, 0.2) is 0 Å². The highest BCUT2D eigenvalue weighted by atomic mass is 16.5. The molecule has 1 unspecified atom stereocenters. The molecule has 0 bridgehead atoms. The Morgan fingerprint density at radius 3 is 2.70 bits per heavy atom. The summed E-state index contributed by atoms with van der Waals surface area (Å²) in [7, 11) is 0. The maximum atomic E-state index is 6.04. The Bertz CT molecular complexity index is 755. The first-order chi connectivity index (χ1) is 9.83. The summed E-state index contributed by atoms with van der Waals surface area (Å²) in [4.78, 5) is 0. The third-order valence-electron chi connectivity index (χ3n) is 4.09. The van der Waals surface area contributed by atoms with E-state index in [0.29, 0.717) is 0 Å². The van der Waals surface area contributed by atoms with E-state index >= 15 is 0 Å². The van der Waals surface area contributed by atoms with E-state index in [4.69, 9.17) is 4.74 Å². The molecule has 0 saturated heterocycles. The molecule has 0 amide bonds. The number of hydrogen-bond acceptors (Lipinski definition) is 1. The van der Waals surface area contributed by atoms with Gasteiger partial charge in [-0.15, -0.1) is 0 Å². The molecule has 0 fully saturated rings. The highest BCUT2D eigenvalue weighted by molar-refractivity contribution is 5.81. The molecule has 0 radical (unpaired) electrons. The molecule has 1 aliphatic rings. The molecule has 100 valence electrons. The van der Waals surface area contributed by atoms with Gasteiger partial charge in [0.25, 0.3) is 0 Å². The normalized spacial score (nSPS) is 18.1. The van der Waals surface area contributed by atoms with Gasteiger partial charge in [0, 0.05) is 12.1 Å². The van der Waals surface area contributed by atoms with E-state index in [1.165, 1.54) is 27.7 Å². The summed E-state index contributed by atoms with van der Waals surface area (Å²) in [6.45, 7) is 3.82. The quantitative estimate of drug-likeness (QED) is 0.645. The van der Waals surface area contributed by atoms with Gasteiger partial charge in [0.05, 0.1) is 12.3 Å². The van der Waals surface area contributed by atoms with E-state index in [1.54, 1.807) is 0 Å². The molecule has 0 aliphatic carbocycles. The number of benzene rings is 2. The number of ether oxygens (including phenoxy) is 1. The fourth-order valence-corrected chi connectivity index (χ4v) is 3.05. The first kappa shape index (κ1) is 11.7. The van der Waals surface area contributed by atoms with Gasteiger partial charge < -0.3 is 9.30 Å². The van der Waals surface area contributed by atoms with E-state index in [0.717, 1.165) is 13.2 Å². The minimum atomic E-state index is 0.0525. The standard InChI is InChI=1S/C18H17NO/c1-13-6-8-14(9-7-13)18-17-12-15-4-2-3-5-16(15)19(17)10-11-20-18/h2-9,12,18H,10-11H2,1H3. The average Bonchev–Trinajstić information content (AvgIpc) is 2.87. The fraction of sp³-hybridized carbons (Fsp3) is 0.222. The van der Waals surface area contributed by atoms with E-state index in [-0.39, 0.29) is 6.10 Å². The van der Waals surface area contributed by atoms with E-state index in [1.807, 2.05) is 0 Å². The second kappa shape index (κ2) is 4.50. The van der Waals surface area contributed by atoms with Crippen LogP contribution in [0.3, 0.4) is 0 Å². The maximum Gasteiger partial charge on any atom is 0.123 e. The number of rotatable bonds is 1. The molecule has 2 nitrogen and oxygen atoms in total. The van der Waals surface area contributed by atoms with Crippen molar-refractivity contribution >= 4 is 10.9 Å². The Balaban J connectivity index is 1.87. The van der Waals surface area contributed by atoms with Crippen LogP contribution in [0.15, 0.2) is 54.6 Å². The molecule has 0 N–H and O–H groups in total. The topological polar surface area (TPSA) is 14.2 Å². The zero-order valence-electron chi connectivity index (χ0n) is 11.5. The van der Waals surface area contributed by atoms with Crippen LogP contribution < -0.4 is 0 Å². The smallest absolute Gasteiger partial charge is 0.123 e. The third kappa shape index (κ3) is 1.76. The number of aromatic nitrogens is 1. The lowest BCUT2D eigenvalue weighted by molar-refractivity contribution is 0.0478. The van der Waals surface area contributed by atoms with Crippen molar-refractivity contribution in [2.45, 2.75) is 19.6 Å². The van der Waals surface area contributed by atoms with Crippen LogP contribution in [0.25, 0.3) is 10.9 Å². The Kier molecular flexibility index (Phi) is 2.64. The van der Waals surface area contributed by atoms with Gasteiger partial charge >= 0.3 is 0 Å². The minimum Gasteiger partial charge on any atom is -0.365 e. The van der Waals surface area contributed by atoms with Crippen molar-refractivity contribution in [2.24, 2.45) is 0 Å². The molecule has 2 aromatic carbocycles. The Morgan fingerprint density at radius 2 is 1.85 bits per heavy atom. The fourth-order valence-electron chi connectivity index (χ4n) is 3.05. The van der Waals surface area contributed by atoms with E-state index < -0.39 is 0 Å². The summed E-state index contributed by atoms with van der Waals surface area (Å²) in [5.41, 5.74) is 5.09. The molecule has 1 atom stereocenters. The van der Waals surface area contributed by atoms with Gasteiger partial charge in [0.2, 0.25) is 0 Å². The number of aryl methyl sites for hydroxylation is 1. The lowest BCUT2D eigenvalue weighted by atomic mass is 10.0. The van der Waals surface area contributed by atoms with Crippen LogP contribution in [0, 0.1) is 6.92 Å². The second-order valence-corrected chi connectivity index (χ2v) is 5.44. The molecule has 20 heavy (non-hydrogen) atoms. The monoisotopic (exact) mass is 263 g/mol. The van der Waals surface area contributed by atoms with Crippen molar-refractivity contribution in [3.8, 4) is 0 Å². The third-order valence-corrected chi connectivity index (χ3v) is 4.09. The van der Waals surface area contributed by atoms with Crippen molar-refractivity contribution in [2.75, 3.05) is 6.61 Å². The van der Waals surface area contributed by atoms with Crippen LogP contribution in [-0.2, 0) is 11.3 Å². The molecule has 0 saturated carbocycles. The SMILES string of the molecule is Cc1ccc(C2OCCn3c2cc2ccccc23)cc1. The summed E-state index contributed by atoms with van der Waals surface area (Å²) >= 11 is 0. The molecule has 0 spiro atoms. The predicted molar refractivity (Wildman–Crippen MR) is 80.9 cm³/mol. The minimum absolute atomic E-state index is 0.0525. The number of hydrogen-bond donors (Lipinski definition) is 0. The molecule has 1 aromatic heterocycles. The van der Waals surface area contributed by atoms with Crippen LogP contribution in [0.4, 0.5) is 0 Å². The molecular formula is C18H17NO. The van der Waals surface area contributed by atoms with Crippen LogP contribution in [0.1, 0.15) is 22.9 Å². The Labute approximate surface area is 118 Å². The van der Waals surface area contributed by atoms with Crippen LogP contribution in [-0.4, -0.2) is 11.2 Å². The summed E-state index contributed by atoms with van der Waals surface area (Å²) in [6, 6.07) is 19.5. The molecule has 2 heterocycles. The van der Waals surface area contributed by atoms with Crippen molar-refractivity contribution < 1.29 is 4.74 Å². The van der Waals surface area contributed by atoms with Crippen molar-refractivity contribution in [3.05, 3.63) is 71.4 Å². The van der Waals surface area contributed by atoms with Gasteiger partial charge in [-0.05, 0) is 30.0 Å². The highest BCUT2D eigenvalue weighted by Gasteiger charge is 2.24. The lowest BCUT2D eigenvalue weighted by Gasteiger charge is -2.26. The summed E-state index contributed by atoms with van der Waals surface area (Å²) < 4.78 is 8.43. The van der Waals surface area contributed by atoms with Crippen LogP contribution >= 0.6 is 0 Å². The van der Waals surface area contributed by atoms with Gasteiger partial charge in [-0.3, -0.25) is 0 Å². The summed E-state index contributed by atoms with van der Waals surface area (Å²) in [5.74, 6) is 0. The largest absolute Gasteiger partial charge is 0.365 e. The van der Waals surface area contributed by atoms with Gasteiger partial charge in [-0.2, -0.15) is 0 Å². The van der Waals surface area contributed by atoms with Gasteiger partial charge in [-0.25, -0.2) is 0 Å². The van der Waals surface area contributed by atoms with Crippen LogP contribution in [0.5, 0.6) is 0 Å². The number of nitrogens with zero attached hydrogens (tertiary/aromatic N) is 1. The predicted octanol–water partition coefficient (Wildman–Crippen LogP) is 4.07. The first-order valence-corrected chi connectivity index (χ1v) is 7.09. The van der Waals surface area contributed by atoms with Gasteiger partial charge in [-0.1, -0.05) is 48.0 Å². The first-order valence-electron chi connectivity index (χ1n) is 7.09. The molecule has 2 heteroatoms. The molecule has 4 rings (SSSR count). The van der Waals surface area contributed by atoms with E-state index in [9.17, 15) is 0 Å². The highest BCUT2D eigenvalue weighted by Crippen LogP contribution is 2.34. The molecule has 3 aromatic rings. The number of fused-ring (bicyclic) bond motifs is 3. The van der Waals surface area contributed by atoms with Crippen LogP contribution in [0.2, 0.25) is 0 Å². The van der Waals surface area contributed by atoms with Gasteiger partial charge in [0.1, 0.15) is 6.10 Å². The Hall–Kier alpha value is -2.06. The summed E-state index contributed by atoms with van der Waals surface area (Å²) in [6.07, 6.45) is 0.0525. The number of para-hydroxylation sites is 1. The summed E-state index contributed by atoms with van der Waals surface area (Å²) in [5, 5.41) is 1.30. The van der Waals surface area contributed by atoms with Crippen molar-refractivity contribution in [1.29, 1.82) is 0 Å². The maximum absolute atomic E-state index is 6.04. The Morgan fingerprint density at radius 1 is 1.05 bits per heavy atom. The lowest BCUT2D eigenvalue weighted by Crippen LogP contribution is -2.21. The molecule has 1 aliphatic heterocycles. The zero-order chi connectivity index (χ0) is 13.5. The zero-order valence-corrected chi connectivity index (χ0v) is 11.5. The van der Waals surface area contributed by atoms with E-state index in [2.05, 4.69) is 66.1 Å². The van der Waals surface area contributed by atoms with Crippen molar-refractivity contribution in [1.82, 2.24) is 4.57 Å². The van der Waals surface area contributed by atoms with Crippen molar-refractivity contribution in [3.63, 3.8) is 0 Å². The molecular weight excluding hydrogens is 246 g/mol. The average molecular weight is 263 g/mol.